The number of aromatic amines is 1. The quantitative estimate of drug-likeness (QED) is 0.875. The molecule has 0 spiro atoms. The van der Waals surface area contributed by atoms with Crippen molar-refractivity contribution in [3.63, 3.8) is 0 Å². The molecule has 0 saturated carbocycles. The van der Waals surface area contributed by atoms with Gasteiger partial charge in [0.25, 0.3) is 0 Å². The second-order valence-electron chi connectivity index (χ2n) is 6.94. The van der Waals surface area contributed by atoms with E-state index < -0.39 is 0 Å². The molecule has 1 aromatic heterocycles. The van der Waals surface area contributed by atoms with E-state index in [-0.39, 0.29) is 5.41 Å². The van der Waals surface area contributed by atoms with Gasteiger partial charge in [-0.3, -0.25) is 5.10 Å². The molecule has 0 aliphatic carbocycles. The number of H-pyrrole nitrogens is 1. The lowest BCUT2D eigenvalue weighted by Gasteiger charge is -2.27. The first kappa shape index (κ1) is 14.5. The van der Waals surface area contributed by atoms with Crippen molar-refractivity contribution in [3.05, 3.63) is 17.5 Å². The molecule has 1 saturated heterocycles. The third kappa shape index (κ3) is 4.32. The van der Waals surface area contributed by atoms with Gasteiger partial charge in [-0.2, -0.15) is 5.10 Å². The van der Waals surface area contributed by atoms with Crippen LogP contribution in [0.4, 0.5) is 0 Å². The maximum atomic E-state index is 4.42. The Morgan fingerprint density at radius 3 is 2.79 bits per heavy atom. The minimum atomic E-state index is 0.126. The van der Waals surface area contributed by atoms with Crippen molar-refractivity contribution in [2.24, 2.45) is 5.92 Å². The molecule has 0 amide bonds. The number of nitrogens with zero attached hydrogens (tertiary/aromatic N) is 2. The molecule has 2 N–H and O–H groups in total. The van der Waals surface area contributed by atoms with E-state index in [1.165, 1.54) is 31.6 Å². The van der Waals surface area contributed by atoms with Crippen LogP contribution in [0.25, 0.3) is 0 Å². The summed E-state index contributed by atoms with van der Waals surface area (Å²) in [6.07, 6.45) is 2.67. The number of rotatable bonds is 4. The monoisotopic (exact) mass is 264 g/mol. The molecule has 19 heavy (non-hydrogen) atoms. The Balaban J connectivity index is 1.84. The van der Waals surface area contributed by atoms with Crippen LogP contribution in [0.3, 0.4) is 0 Å². The van der Waals surface area contributed by atoms with Crippen molar-refractivity contribution in [1.29, 1.82) is 0 Å². The van der Waals surface area contributed by atoms with E-state index in [1.807, 2.05) is 0 Å². The van der Waals surface area contributed by atoms with Crippen LogP contribution in [-0.2, 0) is 12.0 Å². The normalized spacial score (nSPS) is 21.0. The first-order chi connectivity index (χ1) is 8.95. The van der Waals surface area contributed by atoms with E-state index >= 15 is 0 Å². The van der Waals surface area contributed by atoms with Gasteiger partial charge in [-0.25, -0.2) is 0 Å². The van der Waals surface area contributed by atoms with Crippen molar-refractivity contribution in [2.45, 2.75) is 45.6 Å². The molecular formula is C15H28N4. The zero-order valence-electron chi connectivity index (χ0n) is 12.8. The SMILES string of the molecule is CN(Cc1cc(C(C)(C)C)n[nH]1)CC1CCCNC1. The molecular weight excluding hydrogens is 236 g/mol. The maximum absolute atomic E-state index is 4.42. The summed E-state index contributed by atoms with van der Waals surface area (Å²) in [6, 6.07) is 2.20. The Morgan fingerprint density at radius 2 is 2.21 bits per heavy atom. The fraction of sp³-hybridized carbons (Fsp3) is 0.800. The predicted molar refractivity (Wildman–Crippen MR) is 79.2 cm³/mol. The molecule has 1 unspecified atom stereocenters. The lowest BCUT2D eigenvalue weighted by atomic mass is 9.92. The van der Waals surface area contributed by atoms with Crippen molar-refractivity contribution in [1.82, 2.24) is 20.4 Å². The third-order valence-electron chi connectivity index (χ3n) is 3.81. The second kappa shape index (κ2) is 6.06. The van der Waals surface area contributed by atoms with Crippen molar-refractivity contribution in [3.8, 4) is 0 Å². The van der Waals surface area contributed by atoms with E-state index in [2.05, 4.69) is 54.3 Å². The van der Waals surface area contributed by atoms with E-state index in [0.717, 1.165) is 24.7 Å². The highest BCUT2D eigenvalue weighted by molar-refractivity contribution is 5.16. The maximum Gasteiger partial charge on any atom is 0.0678 e. The fourth-order valence-corrected chi connectivity index (χ4v) is 2.70. The van der Waals surface area contributed by atoms with Crippen molar-refractivity contribution < 1.29 is 0 Å². The highest BCUT2D eigenvalue weighted by Gasteiger charge is 2.19. The van der Waals surface area contributed by atoms with Crippen LogP contribution >= 0.6 is 0 Å². The average molecular weight is 264 g/mol. The summed E-state index contributed by atoms with van der Waals surface area (Å²) in [7, 11) is 2.20. The molecule has 0 aromatic carbocycles. The van der Waals surface area contributed by atoms with Gasteiger partial charge in [0.2, 0.25) is 0 Å². The van der Waals surface area contributed by atoms with E-state index in [1.54, 1.807) is 0 Å². The summed E-state index contributed by atoms with van der Waals surface area (Å²) in [5, 5.41) is 11.1. The number of hydrogen-bond acceptors (Lipinski definition) is 3. The topological polar surface area (TPSA) is 44.0 Å². The Hall–Kier alpha value is -0.870. The first-order valence-electron chi connectivity index (χ1n) is 7.39. The molecule has 4 heteroatoms. The lowest BCUT2D eigenvalue weighted by Crippen LogP contribution is -2.36. The van der Waals surface area contributed by atoms with Gasteiger partial charge in [0.1, 0.15) is 0 Å². The Labute approximate surface area is 117 Å². The zero-order chi connectivity index (χ0) is 13.9. The van der Waals surface area contributed by atoms with Crippen molar-refractivity contribution >= 4 is 0 Å². The van der Waals surface area contributed by atoms with E-state index in [0.29, 0.717) is 0 Å². The Bertz CT molecular complexity index is 385. The standard InChI is InChI=1S/C15H28N4/c1-15(2,3)14-8-13(17-18-14)11-19(4)10-12-6-5-7-16-9-12/h8,12,16H,5-7,9-11H2,1-4H3,(H,17,18). The summed E-state index contributed by atoms with van der Waals surface area (Å²) < 4.78 is 0. The molecule has 2 heterocycles. The predicted octanol–water partition coefficient (Wildman–Crippen LogP) is 2.14. The van der Waals surface area contributed by atoms with Gasteiger partial charge < -0.3 is 10.2 Å². The fourth-order valence-electron chi connectivity index (χ4n) is 2.70. The van der Waals surface area contributed by atoms with Crippen LogP contribution in [0.2, 0.25) is 0 Å². The second-order valence-corrected chi connectivity index (χ2v) is 6.94. The Kier molecular flexibility index (Phi) is 4.63. The summed E-state index contributed by atoms with van der Waals surface area (Å²) in [6.45, 7) is 11.1. The van der Waals surface area contributed by atoms with Gasteiger partial charge in [0.15, 0.2) is 0 Å². The first-order valence-corrected chi connectivity index (χ1v) is 7.39. The number of nitrogens with one attached hydrogen (secondary N) is 2. The number of piperidine rings is 1. The summed E-state index contributed by atoms with van der Waals surface area (Å²) in [5.41, 5.74) is 2.49. The molecule has 1 atom stereocenters. The van der Waals surface area contributed by atoms with Crippen LogP contribution in [0.15, 0.2) is 6.07 Å². The summed E-state index contributed by atoms with van der Waals surface area (Å²) >= 11 is 0. The summed E-state index contributed by atoms with van der Waals surface area (Å²) in [4.78, 5) is 2.40. The van der Waals surface area contributed by atoms with Crippen LogP contribution in [0.5, 0.6) is 0 Å². The van der Waals surface area contributed by atoms with Gasteiger partial charge in [-0.1, -0.05) is 20.8 Å². The van der Waals surface area contributed by atoms with Gasteiger partial charge in [-0.05, 0) is 45.0 Å². The smallest absolute Gasteiger partial charge is 0.0678 e. The largest absolute Gasteiger partial charge is 0.316 e. The van der Waals surface area contributed by atoms with Crippen LogP contribution in [0, 0.1) is 5.92 Å². The van der Waals surface area contributed by atoms with Crippen LogP contribution < -0.4 is 5.32 Å². The molecule has 1 aliphatic heterocycles. The number of hydrogen-bond donors (Lipinski definition) is 2. The van der Waals surface area contributed by atoms with E-state index in [9.17, 15) is 0 Å². The minimum absolute atomic E-state index is 0.126. The van der Waals surface area contributed by atoms with Gasteiger partial charge >= 0.3 is 0 Å². The molecule has 108 valence electrons. The third-order valence-corrected chi connectivity index (χ3v) is 3.81. The molecule has 1 aromatic rings. The van der Waals surface area contributed by atoms with Crippen molar-refractivity contribution in [2.75, 3.05) is 26.7 Å². The molecule has 0 radical (unpaired) electrons. The minimum Gasteiger partial charge on any atom is -0.316 e. The van der Waals surface area contributed by atoms with Gasteiger partial charge in [0, 0.05) is 24.2 Å². The van der Waals surface area contributed by atoms with Crippen LogP contribution in [0.1, 0.15) is 45.0 Å². The molecule has 4 nitrogen and oxygen atoms in total. The molecule has 1 fully saturated rings. The average Bonchev–Trinajstić information content (AvgIpc) is 2.78. The molecule has 2 rings (SSSR count). The summed E-state index contributed by atoms with van der Waals surface area (Å²) in [5.74, 6) is 0.795. The molecule has 0 bridgehead atoms. The molecule has 1 aliphatic rings. The van der Waals surface area contributed by atoms with Gasteiger partial charge in [0.05, 0.1) is 5.69 Å². The lowest BCUT2D eigenvalue weighted by molar-refractivity contribution is 0.235. The zero-order valence-corrected chi connectivity index (χ0v) is 12.8. The highest BCUT2D eigenvalue weighted by atomic mass is 15.2. The number of aromatic nitrogens is 2. The van der Waals surface area contributed by atoms with Crippen LogP contribution in [-0.4, -0.2) is 41.8 Å². The highest BCUT2D eigenvalue weighted by Crippen LogP contribution is 2.21. The Morgan fingerprint density at radius 1 is 1.42 bits per heavy atom. The van der Waals surface area contributed by atoms with Gasteiger partial charge in [-0.15, -0.1) is 0 Å². The van der Waals surface area contributed by atoms with E-state index in [4.69, 9.17) is 0 Å².